The average molecular weight is 344 g/mol. The molecule has 0 saturated heterocycles. The number of nitrogens with two attached hydrogens (primary N) is 1. The molecule has 1 aromatic heterocycles. The molecule has 0 radical (unpaired) electrons. The first-order valence-corrected chi connectivity index (χ1v) is 7.69. The Bertz CT molecular complexity index is 559. The number of nitrogens with zero attached hydrogens (tertiary/aromatic N) is 2. The molecule has 0 bridgehead atoms. The molecular weight excluding hydrogens is 329 g/mol. The van der Waals surface area contributed by atoms with E-state index >= 15 is 0 Å². The quantitative estimate of drug-likeness (QED) is 0.901. The maximum Gasteiger partial charge on any atom is 0.124 e. The minimum absolute atomic E-state index is 0.150. The van der Waals surface area contributed by atoms with Gasteiger partial charge in [-0.3, -0.25) is 0 Å². The fourth-order valence-corrected chi connectivity index (χ4v) is 3.13. The van der Waals surface area contributed by atoms with Gasteiger partial charge in [-0.2, -0.15) is 0 Å². The van der Waals surface area contributed by atoms with Crippen LogP contribution in [0.3, 0.4) is 0 Å². The Labute approximate surface area is 124 Å². The molecule has 1 heterocycles. The Morgan fingerprint density at radius 3 is 2.95 bits per heavy atom. The lowest BCUT2D eigenvalue weighted by Crippen LogP contribution is -2.14. The number of benzene rings is 1. The van der Waals surface area contributed by atoms with Crippen molar-refractivity contribution >= 4 is 27.5 Å². The second kappa shape index (κ2) is 6.54. The van der Waals surface area contributed by atoms with Gasteiger partial charge in [0, 0.05) is 10.5 Å². The third kappa shape index (κ3) is 3.58. The third-order valence-corrected chi connectivity index (χ3v) is 4.50. The first-order valence-electron chi connectivity index (χ1n) is 6.12. The fraction of sp³-hybridized carbons (Fsp3) is 0.385. The van der Waals surface area contributed by atoms with E-state index in [1.165, 1.54) is 23.7 Å². The minimum atomic E-state index is -0.254. The van der Waals surface area contributed by atoms with E-state index in [4.69, 9.17) is 5.73 Å². The number of rotatable bonds is 5. The van der Waals surface area contributed by atoms with Gasteiger partial charge < -0.3 is 5.73 Å². The monoisotopic (exact) mass is 343 g/mol. The molecule has 1 unspecified atom stereocenters. The molecule has 0 aliphatic carbocycles. The van der Waals surface area contributed by atoms with Gasteiger partial charge in [0.1, 0.15) is 5.82 Å². The van der Waals surface area contributed by atoms with Gasteiger partial charge in [0.05, 0.1) is 10.6 Å². The second-order valence-electron chi connectivity index (χ2n) is 4.38. The van der Waals surface area contributed by atoms with Crippen molar-refractivity contribution in [2.75, 3.05) is 0 Å². The summed E-state index contributed by atoms with van der Waals surface area (Å²) in [6.45, 7) is 2.10. The smallest absolute Gasteiger partial charge is 0.124 e. The molecule has 0 spiro atoms. The van der Waals surface area contributed by atoms with Crippen LogP contribution in [0, 0.1) is 5.82 Å². The van der Waals surface area contributed by atoms with Gasteiger partial charge in [-0.25, -0.2) is 4.39 Å². The van der Waals surface area contributed by atoms with Crippen LogP contribution in [-0.2, 0) is 12.8 Å². The van der Waals surface area contributed by atoms with Crippen molar-refractivity contribution in [3.63, 3.8) is 0 Å². The Balaban J connectivity index is 2.16. The molecule has 3 nitrogen and oxygen atoms in total. The number of aryl methyl sites for hydroxylation is 1. The summed E-state index contributed by atoms with van der Waals surface area (Å²) < 4.78 is 17.8. The normalized spacial score (nSPS) is 12.6. The summed E-state index contributed by atoms with van der Waals surface area (Å²) in [5, 5.41) is 4.12. The van der Waals surface area contributed by atoms with Crippen LogP contribution in [0.2, 0.25) is 0 Å². The van der Waals surface area contributed by atoms with Gasteiger partial charge in [0.25, 0.3) is 0 Å². The van der Waals surface area contributed by atoms with Crippen LogP contribution in [0.5, 0.6) is 0 Å². The van der Waals surface area contributed by atoms with Crippen molar-refractivity contribution in [1.82, 2.24) is 9.59 Å². The van der Waals surface area contributed by atoms with Gasteiger partial charge in [-0.15, -0.1) is 5.10 Å². The highest BCUT2D eigenvalue weighted by molar-refractivity contribution is 9.10. The average Bonchev–Trinajstić information content (AvgIpc) is 2.81. The van der Waals surface area contributed by atoms with Crippen molar-refractivity contribution < 1.29 is 4.39 Å². The molecule has 2 rings (SSSR count). The van der Waals surface area contributed by atoms with E-state index in [0.717, 1.165) is 33.4 Å². The van der Waals surface area contributed by atoms with Crippen LogP contribution in [0.1, 0.15) is 35.5 Å². The zero-order valence-corrected chi connectivity index (χ0v) is 13.0. The van der Waals surface area contributed by atoms with E-state index in [1.807, 2.05) is 0 Å². The molecular formula is C13H15BrFN3S. The van der Waals surface area contributed by atoms with E-state index in [2.05, 4.69) is 32.4 Å². The van der Waals surface area contributed by atoms with E-state index in [9.17, 15) is 4.39 Å². The summed E-state index contributed by atoms with van der Waals surface area (Å²) in [5.74, 6) is -0.254. The van der Waals surface area contributed by atoms with Gasteiger partial charge >= 0.3 is 0 Å². The predicted octanol–water partition coefficient (Wildman–Crippen LogP) is 3.63. The standard InChI is InChI=1S/C13H15BrFN3S/c1-2-3-12-13(19-18-17-12)11(16)6-8-4-5-9(15)7-10(8)14/h4-5,7,11H,2-3,6,16H2,1H3. The zero-order chi connectivity index (χ0) is 13.8. The van der Waals surface area contributed by atoms with Crippen molar-refractivity contribution in [3.05, 3.63) is 44.6 Å². The van der Waals surface area contributed by atoms with E-state index < -0.39 is 0 Å². The molecule has 0 saturated carbocycles. The highest BCUT2D eigenvalue weighted by Crippen LogP contribution is 2.26. The zero-order valence-electron chi connectivity index (χ0n) is 10.6. The van der Waals surface area contributed by atoms with Gasteiger partial charge in [-0.05, 0) is 42.1 Å². The third-order valence-electron chi connectivity index (χ3n) is 2.86. The molecule has 0 fully saturated rings. The van der Waals surface area contributed by atoms with Crippen LogP contribution < -0.4 is 5.73 Å². The van der Waals surface area contributed by atoms with E-state index in [0.29, 0.717) is 6.42 Å². The minimum Gasteiger partial charge on any atom is -0.323 e. The molecule has 102 valence electrons. The number of aromatic nitrogens is 2. The van der Waals surface area contributed by atoms with Crippen LogP contribution in [-0.4, -0.2) is 9.59 Å². The molecule has 0 aliphatic rings. The van der Waals surface area contributed by atoms with E-state index in [-0.39, 0.29) is 11.9 Å². The van der Waals surface area contributed by atoms with Gasteiger partial charge in [-0.1, -0.05) is 39.8 Å². The highest BCUT2D eigenvalue weighted by atomic mass is 79.9. The van der Waals surface area contributed by atoms with Crippen LogP contribution in [0.4, 0.5) is 4.39 Å². The van der Waals surface area contributed by atoms with Crippen molar-refractivity contribution in [3.8, 4) is 0 Å². The summed E-state index contributed by atoms with van der Waals surface area (Å²) in [4.78, 5) is 1.03. The summed E-state index contributed by atoms with van der Waals surface area (Å²) in [5.41, 5.74) is 8.20. The summed E-state index contributed by atoms with van der Waals surface area (Å²) in [6, 6.07) is 4.51. The molecule has 1 aromatic carbocycles. The van der Waals surface area contributed by atoms with Gasteiger partial charge in [0.15, 0.2) is 0 Å². The van der Waals surface area contributed by atoms with Crippen molar-refractivity contribution in [2.45, 2.75) is 32.2 Å². The Hall–Kier alpha value is -0.850. The van der Waals surface area contributed by atoms with Crippen molar-refractivity contribution in [2.24, 2.45) is 5.73 Å². The maximum atomic E-state index is 13.0. The molecule has 1 atom stereocenters. The topological polar surface area (TPSA) is 51.8 Å². The molecule has 2 N–H and O–H groups in total. The fourth-order valence-electron chi connectivity index (χ4n) is 1.92. The SMILES string of the molecule is CCCc1nnsc1C(N)Cc1ccc(F)cc1Br. The lowest BCUT2D eigenvalue weighted by atomic mass is 10.0. The van der Waals surface area contributed by atoms with Crippen LogP contribution >= 0.6 is 27.5 Å². The Morgan fingerprint density at radius 1 is 1.47 bits per heavy atom. The summed E-state index contributed by atoms with van der Waals surface area (Å²) in [7, 11) is 0. The highest BCUT2D eigenvalue weighted by Gasteiger charge is 2.16. The maximum absolute atomic E-state index is 13.0. The summed E-state index contributed by atoms with van der Waals surface area (Å²) >= 11 is 4.72. The Kier molecular flexibility index (Phi) is 5.01. The van der Waals surface area contributed by atoms with Crippen LogP contribution in [0.25, 0.3) is 0 Å². The first kappa shape index (κ1) is 14.6. The molecule has 2 aromatic rings. The predicted molar refractivity (Wildman–Crippen MR) is 78.6 cm³/mol. The lowest BCUT2D eigenvalue weighted by molar-refractivity contribution is 0.624. The number of hydrogen-bond donors (Lipinski definition) is 1. The first-order chi connectivity index (χ1) is 9.11. The molecule has 19 heavy (non-hydrogen) atoms. The molecule has 6 heteroatoms. The molecule has 0 aliphatic heterocycles. The summed E-state index contributed by atoms with van der Waals surface area (Å²) in [6.07, 6.45) is 2.55. The van der Waals surface area contributed by atoms with Gasteiger partial charge in [0.2, 0.25) is 0 Å². The lowest BCUT2D eigenvalue weighted by Gasteiger charge is -2.12. The van der Waals surface area contributed by atoms with Crippen LogP contribution in [0.15, 0.2) is 22.7 Å². The Morgan fingerprint density at radius 2 is 2.26 bits per heavy atom. The second-order valence-corrected chi connectivity index (χ2v) is 6.02. The van der Waals surface area contributed by atoms with Crippen molar-refractivity contribution in [1.29, 1.82) is 0 Å². The number of hydrogen-bond acceptors (Lipinski definition) is 4. The van der Waals surface area contributed by atoms with E-state index in [1.54, 1.807) is 6.07 Å². The molecule has 0 amide bonds. The number of halogens is 2. The largest absolute Gasteiger partial charge is 0.323 e.